The average Bonchev–Trinajstić information content (AvgIpc) is 2.01. The highest BCUT2D eigenvalue weighted by molar-refractivity contribution is 7.99. The van der Waals surface area contributed by atoms with Gasteiger partial charge in [-0.05, 0) is 37.9 Å². The molecule has 1 heterocycles. The quantitative estimate of drug-likeness (QED) is 0.647. The molecule has 1 aliphatic carbocycles. The number of rotatable bonds is 1. The number of hydrogen-bond acceptors (Lipinski definition) is 3. The minimum atomic E-state index is -0.547. The van der Waals surface area contributed by atoms with E-state index in [4.69, 9.17) is 5.73 Å². The van der Waals surface area contributed by atoms with Gasteiger partial charge in [0, 0.05) is 11.3 Å². The Morgan fingerprint density at radius 2 is 1.92 bits per heavy atom. The van der Waals surface area contributed by atoms with Crippen molar-refractivity contribution in [2.24, 2.45) is 5.73 Å². The maximum Gasteiger partial charge on any atom is 0.0916 e. The first-order valence-corrected chi connectivity index (χ1v) is 5.91. The summed E-state index contributed by atoms with van der Waals surface area (Å²) in [4.78, 5) is 0. The van der Waals surface area contributed by atoms with Crippen LogP contribution in [0, 0.1) is 0 Å². The van der Waals surface area contributed by atoms with Gasteiger partial charge in [-0.3, -0.25) is 0 Å². The van der Waals surface area contributed by atoms with E-state index in [1.54, 1.807) is 0 Å². The fourth-order valence-corrected chi connectivity index (χ4v) is 3.46. The van der Waals surface area contributed by atoms with Crippen LogP contribution in [-0.2, 0) is 0 Å². The molecule has 2 fully saturated rings. The molecule has 1 atom stereocenters. The summed E-state index contributed by atoms with van der Waals surface area (Å²) in [5.74, 6) is 2.04. The molecule has 2 nitrogen and oxygen atoms in total. The van der Waals surface area contributed by atoms with Crippen molar-refractivity contribution in [2.75, 3.05) is 11.5 Å². The summed E-state index contributed by atoms with van der Waals surface area (Å²) >= 11 is 1.85. The van der Waals surface area contributed by atoms with Gasteiger partial charge in [-0.2, -0.15) is 11.8 Å². The van der Waals surface area contributed by atoms with E-state index < -0.39 is 5.60 Å². The lowest BCUT2D eigenvalue weighted by Crippen LogP contribution is -2.66. The third-order valence-corrected chi connectivity index (χ3v) is 4.65. The largest absolute Gasteiger partial charge is 0.387 e. The van der Waals surface area contributed by atoms with E-state index >= 15 is 0 Å². The van der Waals surface area contributed by atoms with Crippen LogP contribution in [0.1, 0.15) is 32.1 Å². The molecule has 12 heavy (non-hydrogen) atoms. The van der Waals surface area contributed by atoms with Crippen LogP contribution in [0.2, 0.25) is 0 Å². The van der Waals surface area contributed by atoms with Gasteiger partial charge in [-0.15, -0.1) is 0 Å². The minimum absolute atomic E-state index is 0.236. The third-order valence-electron chi connectivity index (χ3n) is 3.39. The second-order valence-corrected chi connectivity index (χ2v) is 5.30. The molecule has 2 rings (SSSR count). The third kappa shape index (κ3) is 1.19. The fraction of sp³-hybridized carbons (Fsp3) is 1.00. The summed E-state index contributed by atoms with van der Waals surface area (Å²) in [6, 6.07) is 0. The summed E-state index contributed by atoms with van der Waals surface area (Å²) in [6.07, 6.45) is 5.27. The molecule has 0 bridgehead atoms. The zero-order chi connectivity index (χ0) is 8.66. The molecule has 1 aliphatic heterocycles. The molecule has 70 valence electrons. The topological polar surface area (TPSA) is 46.2 Å². The molecular weight excluding hydrogens is 170 g/mol. The zero-order valence-electron chi connectivity index (χ0n) is 7.38. The minimum Gasteiger partial charge on any atom is -0.387 e. The Morgan fingerprint density at radius 1 is 1.17 bits per heavy atom. The van der Waals surface area contributed by atoms with E-state index in [1.807, 2.05) is 11.8 Å². The van der Waals surface area contributed by atoms with Gasteiger partial charge in [0.1, 0.15) is 0 Å². The maximum absolute atomic E-state index is 10.3. The molecule has 1 unspecified atom stereocenters. The van der Waals surface area contributed by atoms with Crippen LogP contribution >= 0.6 is 11.8 Å². The van der Waals surface area contributed by atoms with Gasteiger partial charge in [0.25, 0.3) is 0 Å². The summed E-state index contributed by atoms with van der Waals surface area (Å²) < 4.78 is 0. The monoisotopic (exact) mass is 187 g/mol. The Balaban J connectivity index is 2.07. The van der Waals surface area contributed by atoms with Gasteiger partial charge >= 0.3 is 0 Å². The highest BCUT2D eigenvalue weighted by Gasteiger charge is 2.51. The van der Waals surface area contributed by atoms with Crippen molar-refractivity contribution < 1.29 is 5.11 Å². The van der Waals surface area contributed by atoms with E-state index in [0.29, 0.717) is 0 Å². The Labute approximate surface area is 77.9 Å². The molecule has 0 aromatic heterocycles. The van der Waals surface area contributed by atoms with E-state index in [0.717, 1.165) is 31.4 Å². The van der Waals surface area contributed by atoms with Crippen molar-refractivity contribution in [2.45, 2.75) is 43.2 Å². The van der Waals surface area contributed by atoms with Crippen molar-refractivity contribution >= 4 is 11.8 Å². The molecule has 0 spiro atoms. The van der Waals surface area contributed by atoms with Crippen LogP contribution < -0.4 is 5.73 Å². The van der Waals surface area contributed by atoms with E-state index in [-0.39, 0.29) is 5.54 Å². The van der Waals surface area contributed by atoms with Crippen molar-refractivity contribution in [3.63, 3.8) is 0 Å². The van der Waals surface area contributed by atoms with Crippen molar-refractivity contribution in [1.82, 2.24) is 0 Å². The Kier molecular flexibility index (Phi) is 2.13. The van der Waals surface area contributed by atoms with Crippen LogP contribution in [0.3, 0.4) is 0 Å². The van der Waals surface area contributed by atoms with Gasteiger partial charge in [0.2, 0.25) is 0 Å². The van der Waals surface area contributed by atoms with Crippen molar-refractivity contribution in [3.05, 3.63) is 0 Å². The molecule has 3 heteroatoms. The molecule has 0 aromatic carbocycles. The lowest BCUT2D eigenvalue weighted by molar-refractivity contribution is -0.0599. The lowest BCUT2D eigenvalue weighted by atomic mass is 9.65. The van der Waals surface area contributed by atoms with E-state index in [2.05, 4.69) is 0 Å². The van der Waals surface area contributed by atoms with E-state index in [1.165, 1.54) is 12.2 Å². The van der Waals surface area contributed by atoms with Crippen LogP contribution in [0.4, 0.5) is 0 Å². The standard InChI is InChI=1S/C9H17NOS/c10-8(3-1-4-8)9(11)5-2-6-12-7-9/h11H,1-7,10H2. The molecule has 2 aliphatic rings. The van der Waals surface area contributed by atoms with Crippen molar-refractivity contribution in [1.29, 1.82) is 0 Å². The average molecular weight is 187 g/mol. The predicted molar refractivity (Wildman–Crippen MR) is 52.3 cm³/mol. The zero-order valence-corrected chi connectivity index (χ0v) is 8.20. The van der Waals surface area contributed by atoms with Crippen LogP contribution in [0.25, 0.3) is 0 Å². The first-order valence-electron chi connectivity index (χ1n) is 4.75. The highest BCUT2D eigenvalue weighted by atomic mass is 32.2. The molecule has 1 saturated heterocycles. The predicted octanol–water partition coefficient (Wildman–Crippen LogP) is 1.13. The SMILES string of the molecule is NC1(C2(O)CCCSC2)CCC1. The van der Waals surface area contributed by atoms with Crippen molar-refractivity contribution in [3.8, 4) is 0 Å². The second kappa shape index (κ2) is 2.89. The summed E-state index contributed by atoms with van der Waals surface area (Å²) in [5, 5.41) is 10.3. The molecular formula is C9H17NOS. The van der Waals surface area contributed by atoms with Gasteiger partial charge < -0.3 is 10.8 Å². The Hall–Kier alpha value is 0.270. The van der Waals surface area contributed by atoms with Gasteiger partial charge in [0.05, 0.1) is 5.60 Å². The Morgan fingerprint density at radius 3 is 2.33 bits per heavy atom. The number of aliphatic hydroxyl groups is 1. The van der Waals surface area contributed by atoms with Gasteiger partial charge in [-0.1, -0.05) is 0 Å². The number of hydrogen-bond donors (Lipinski definition) is 2. The molecule has 0 amide bonds. The summed E-state index contributed by atoms with van der Waals surface area (Å²) in [7, 11) is 0. The number of thioether (sulfide) groups is 1. The molecule has 3 N–H and O–H groups in total. The second-order valence-electron chi connectivity index (χ2n) is 4.20. The molecule has 1 saturated carbocycles. The van der Waals surface area contributed by atoms with Crippen LogP contribution in [-0.4, -0.2) is 27.8 Å². The molecule has 0 radical (unpaired) electrons. The fourth-order valence-electron chi connectivity index (χ4n) is 2.20. The molecule has 0 aromatic rings. The number of nitrogens with two attached hydrogens (primary N) is 1. The van der Waals surface area contributed by atoms with E-state index in [9.17, 15) is 5.11 Å². The Bertz CT molecular complexity index is 173. The summed E-state index contributed by atoms with van der Waals surface area (Å²) in [5.41, 5.74) is 5.37. The maximum atomic E-state index is 10.3. The summed E-state index contributed by atoms with van der Waals surface area (Å²) in [6.45, 7) is 0. The van der Waals surface area contributed by atoms with Gasteiger partial charge in [0.15, 0.2) is 0 Å². The first kappa shape index (κ1) is 8.85. The van der Waals surface area contributed by atoms with Gasteiger partial charge in [-0.25, -0.2) is 0 Å². The first-order chi connectivity index (χ1) is 5.66. The normalized spacial score (nSPS) is 40.5. The lowest BCUT2D eigenvalue weighted by Gasteiger charge is -2.52. The smallest absolute Gasteiger partial charge is 0.0916 e. The highest BCUT2D eigenvalue weighted by Crippen LogP contribution is 2.44. The van der Waals surface area contributed by atoms with Crippen LogP contribution in [0.15, 0.2) is 0 Å². The van der Waals surface area contributed by atoms with Crippen LogP contribution in [0.5, 0.6) is 0 Å².